The Labute approximate surface area is 103 Å². The summed E-state index contributed by atoms with van der Waals surface area (Å²) >= 11 is 1.76. The number of nitrogens with one attached hydrogen (secondary N) is 1. The van der Waals surface area contributed by atoms with Gasteiger partial charge in [0.25, 0.3) is 0 Å². The quantitative estimate of drug-likeness (QED) is 0.797. The summed E-state index contributed by atoms with van der Waals surface area (Å²) in [5, 5.41) is 14.2. The van der Waals surface area contributed by atoms with Gasteiger partial charge in [-0.2, -0.15) is 0 Å². The molecule has 1 heterocycles. The molecule has 1 aromatic rings. The summed E-state index contributed by atoms with van der Waals surface area (Å²) in [7, 11) is 0. The van der Waals surface area contributed by atoms with Crippen LogP contribution in [0.2, 0.25) is 0 Å². The highest BCUT2D eigenvalue weighted by atomic mass is 32.1. The van der Waals surface area contributed by atoms with Crippen molar-refractivity contribution < 1.29 is 0 Å². The fraction of sp³-hybridized carbons (Fsp3) is 0.833. The van der Waals surface area contributed by atoms with Crippen LogP contribution in [0.15, 0.2) is 0 Å². The summed E-state index contributed by atoms with van der Waals surface area (Å²) < 4.78 is 0. The first-order valence-corrected chi connectivity index (χ1v) is 6.94. The second-order valence-corrected chi connectivity index (χ2v) is 6.03. The van der Waals surface area contributed by atoms with Crippen molar-refractivity contribution in [3.8, 4) is 0 Å². The zero-order valence-electron chi connectivity index (χ0n) is 10.8. The SMILES string of the molecule is CC(C)CCc1nnc(CCNC(C)C)s1. The second kappa shape index (κ2) is 6.97. The van der Waals surface area contributed by atoms with Crippen molar-refractivity contribution >= 4 is 11.3 Å². The molecule has 0 saturated carbocycles. The lowest BCUT2D eigenvalue weighted by molar-refractivity contribution is 0.582. The maximum Gasteiger partial charge on any atom is 0.118 e. The van der Waals surface area contributed by atoms with Crippen LogP contribution in [0, 0.1) is 5.92 Å². The molecule has 0 bridgehead atoms. The van der Waals surface area contributed by atoms with Gasteiger partial charge in [-0.05, 0) is 12.3 Å². The summed E-state index contributed by atoms with van der Waals surface area (Å²) in [6.45, 7) is 9.81. The lowest BCUT2D eigenvalue weighted by Gasteiger charge is -2.05. The molecule has 1 N–H and O–H groups in total. The Bertz CT molecular complexity index is 294. The van der Waals surface area contributed by atoms with E-state index < -0.39 is 0 Å². The molecule has 1 aromatic heterocycles. The lowest BCUT2D eigenvalue weighted by Crippen LogP contribution is -2.24. The van der Waals surface area contributed by atoms with Crippen molar-refractivity contribution in [2.24, 2.45) is 5.92 Å². The molecule has 0 aromatic carbocycles. The van der Waals surface area contributed by atoms with E-state index in [4.69, 9.17) is 0 Å². The normalized spacial score (nSPS) is 11.6. The number of hydrogen-bond acceptors (Lipinski definition) is 4. The van der Waals surface area contributed by atoms with Crippen LogP contribution in [-0.2, 0) is 12.8 Å². The Morgan fingerprint density at radius 2 is 1.69 bits per heavy atom. The molecule has 0 unspecified atom stereocenters. The van der Waals surface area contributed by atoms with E-state index in [1.54, 1.807) is 11.3 Å². The van der Waals surface area contributed by atoms with Crippen LogP contribution in [0.4, 0.5) is 0 Å². The van der Waals surface area contributed by atoms with Crippen LogP contribution in [0.3, 0.4) is 0 Å². The van der Waals surface area contributed by atoms with E-state index in [-0.39, 0.29) is 0 Å². The molecule has 1 rings (SSSR count). The molecule has 0 aliphatic heterocycles. The highest BCUT2D eigenvalue weighted by Crippen LogP contribution is 2.14. The average molecular weight is 241 g/mol. The molecule has 0 atom stereocenters. The number of aromatic nitrogens is 2. The monoisotopic (exact) mass is 241 g/mol. The molecule has 0 aliphatic rings. The minimum Gasteiger partial charge on any atom is -0.314 e. The first-order valence-electron chi connectivity index (χ1n) is 6.12. The standard InChI is InChI=1S/C12H23N3S/c1-9(2)5-6-11-14-15-12(16-11)7-8-13-10(3)4/h9-10,13H,5-8H2,1-4H3. The van der Waals surface area contributed by atoms with Gasteiger partial charge in [-0.25, -0.2) is 0 Å². The number of aryl methyl sites for hydroxylation is 1. The van der Waals surface area contributed by atoms with Crippen molar-refractivity contribution in [3.05, 3.63) is 10.0 Å². The van der Waals surface area contributed by atoms with Gasteiger partial charge in [-0.1, -0.05) is 27.7 Å². The topological polar surface area (TPSA) is 37.8 Å². The minimum atomic E-state index is 0.549. The van der Waals surface area contributed by atoms with Gasteiger partial charge in [0.2, 0.25) is 0 Å². The van der Waals surface area contributed by atoms with Gasteiger partial charge >= 0.3 is 0 Å². The Morgan fingerprint density at radius 3 is 2.25 bits per heavy atom. The lowest BCUT2D eigenvalue weighted by atomic mass is 10.1. The van der Waals surface area contributed by atoms with Crippen LogP contribution in [0.5, 0.6) is 0 Å². The Morgan fingerprint density at radius 1 is 1.06 bits per heavy atom. The zero-order chi connectivity index (χ0) is 12.0. The third kappa shape index (κ3) is 5.56. The highest BCUT2D eigenvalue weighted by molar-refractivity contribution is 7.11. The van der Waals surface area contributed by atoms with Crippen molar-refractivity contribution in [3.63, 3.8) is 0 Å². The van der Waals surface area contributed by atoms with Crippen LogP contribution in [-0.4, -0.2) is 22.8 Å². The van der Waals surface area contributed by atoms with Crippen molar-refractivity contribution in [1.82, 2.24) is 15.5 Å². The molecule has 4 heteroatoms. The molecular weight excluding hydrogens is 218 g/mol. The third-order valence-corrected chi connectivity index (χ3v) is 3.38. The Balaban J connectivity index is 2.28. The summed E-state index contributed by atoms with van der Waals surface area (Å²) in [6, 6.07) is 0.549. The van der Waals surface area contributed by atoms with Gasteiger partial charge in [0, 0.05) is 25.4 Å². The average Bonchev–Trinajstić information content (AvgIpc) is 2.62. The molecule has 0 saturated heterocycles. The van der Waals surface area contributed by atoms with E-state index >= 15 is 0 Å². The number of hydrogen-bond donors (Lipinski definition) is 1. The Hall–Kier alpha value is -0.480. The van der Waals surface area contributed by atoms with E-state index in [0.29, 0.717) is 6.04 Å². The van der Waals surface area contributed by atoms with Crippen molar-refractivity contribution in [1.29, 1.82) is 0 Å². The first kappa shape index (κ1) is 13.6. The van der Waals surface area contributed by atoms with Crippen molar-refractivity contribution in [2.45, 2.75) is 53.0 Å². The van der Waals surface area contributed by atoms with Crippen LogP contribution in [0.25, 0.3) is 0 Å². The van der Waals surface area contributed by atoms with E-state index in [1.165, 1.54) is 11.4 Å². The maximum atomic E-state index is 4.23. The van der Waals surface area contributed by atoms with E-state index in [9.17, 15) is 0 Å². The number of nitrogens with zero attached hydrogens (tertiary/aromatic N) is 2. The third-order valence-electron chi connectivity index (χ3n) is 2.34. The molecular formula is C12H23N3S. The summed E-state index contributed by atoms with van der Waals surface area (Å²) in [5.41, 5.74) is 0. The molecule has 0 spiro atoms. The van der Waals surface area contributed by atoms with Gasteiger partial charge in [-0.3, -0.25) is 0 Å². The van der Waals surface area contributed by atoms with Gasteiger partial charge < -0.3 is 5.32 Å². The fourth-order valence-corrected chi connectivity index (χ4v) is 2.23. The van der Waals surface area contributed by atoms with E-state index in [2.05, 4.69) is 43.2 Å². The number of rotatable bonds is 7. The van der Waals surface area contributed by atoms with Gasteiger partial charge in [0.05, 0.1) is 0 Å². The van der Waals surface area contributed by atoms with E-state index in [1.807, 2.05) is 0 Å². The summed E-state index contributed by atoms with van der Waals surface area (Å²) in [6.07, 6.45) is 3.28. The molecule has 16 heavy (non-hydrogen) atoms. The fourth-order valence-electron chi connectivity index (χ4n) is 1.37. The smallest absolute Gasteiger partial charge is 0.118 e. The maximum absolute atomic E-state index is 4.23. The molecule has 92 valence electrons. The van der Waals surface area contributed by atoms with Crippen LogP contribution >= 0.6 is 11.3 Å². The molecule has 0 radical (unpaired) electrons. The second-order valence-electron chi connectivity index (χ2n) is 4.88. The van der Waals surface area contributed by atoms with Gasteiger partial charge in [0.1, 0.15) is 10.0 Å². The highest BCUT2D eigenvalue weighted by Gasteiger charge is 2.05. The molecule has 0 aliphatic carbocycles. The van der Waals surface area contributed by atoms with Crippen molar-refractivity contribution in [2.75, 3.05) is 6.54 Å². The minimum absolute atomic E-state index is 0.549. The zero-order valence-corrected chi connectivity index (χ0v) is 11.6. The summed E-state index contributed by atoms with van der Waals surface area (Å²) in [5.74, 6) is 0.745. The van der Waals surface area contributed by atoms with Gasteiger partial charge in [0.15, 0.2) is 0 Å². The van der Waals surface area contributed by atoms with Crippen LogP contribution in [0.1, 0.15) is 44.1 Å². The predicted octanol–water partition coefficient (Wildman–Crippen LogP) is 2.67. The largest absolute Gasteiger partial charge is 0.314 e. The predicted molar refractivity (Wildman–Crippen MR) is 69.9 cm³/mol. The molecule has 0 amide bonds. The summed E-state index contributed by atoms with van der Waals surface area (Å²) in [4.78, 5) is 0. The molecule has 3 nitrogen and oxygen atoms in total. The van der Waals surface area contributed by atoms with Gasteiger partial charge in [-0.15, -0.1) is 21.5 Å². The van der Waals surface area contributed by atoms with E-state index in [0.717, 1.165) is 30.3 Å². The Kier molecular flexibility index (Phi) is 5.91. The van der Waals surface area contributed by atoms with Crippen LogP contribution < -0.4 is 5.32 Å². The first-order chi connectivity index (χ1) is 7.58. The molecule has 0 fully saturated rings.